The van der Waals surface area contributed by atoms with Crippen LogP contribution in [0, 0.1) is 6.92 Å². The lowest BCUT2D eigenvalue weighted by molar-refractivity contribution is -0.131. The second-order valence-corrected chi connectivity index (χ2v) is 7.09. The zero-order chi connectivity index (χ0) is 22.7. The lowest BCUT2D eigenvalue weighted by Gasteiger charge is -2.14. The molecule has 32 heavy (non-hydrogen) atoms. The van der Waals surface area contributed by atoms with Gasteiger partial charge in [-0.15, -0.1) is 0 Å². The van der Waals surface area contributed by atoms with Crippen molar-refractivity contribution in [1.29, 1.82) is 0 Å². The van der Waals surface area contributed by atoms with E-state index in [1.807, 2.05) is 55.6 Å². The number of benzene rings is 2. The number of aliphatic carboxylic acids is 1. The number of hydrogen-bond donors (Lipinski definition) is 2. The van der Waals surface area contributed by atoms with Crippen LogP contribution in [-0.2, 0) is 4.79 Å². The first-order valence-corrected chi connectivity index (χ1v) is 9.84. The Morgan fingerprint density at radius 2 is 2.00 bits per heavy atom. The first-order chi connectivity index (χ1) is 15.5. The van der Waals surface area contributed by atoms with E-state index in [0.29, 0.717) is 23.0 Å². The number of methoxy groups -OCH3 is 2. The standard InChI is InChI=1S/C24H22N4O4/c1-15-11-18(13-20(31-2)23(15)32-3)26-21-9-10-28-24(27-21)19(14-25-28)17-6-4-5-16(12-17)7-8-22(29)30/h4-14H,1-3H3,(H,26,27)(H,29,30)/b8-7+. The van der Waals surface area contributed by atoms with E-state index in [0.717, 1.165) is 34.0 Å². The molecule has 2 heterocycles. The minimum atomic E-state index is -0.992. The van der Waals surface area contributed by atoms with Crippen molar-refractivity contribution in [2.45, 2.75) is 6.92 Å². The number of nitrogens with one attached hydrogen (secondary N) is 1. The molecule has 8 nitrogen and oxygen atoms in total. The van der Waals surface area contributed by atoms with E-state index in [1.165, 1.54) is 0 Å². The summed E-state index contributed by atoms with van der Waals surface area (Å²) in [5, 5.41) is 16.6. The molecule has 0 bridgehead atoms. The number of rotatable bonds is 7. The van der Waals surface area contributed by atoms with Crippen molar-refractivity contribution in [3.8, 4) is 22.6 Å². The molecule has 2 N–H and O–H groups in total. The van der Waals surface area contributed by atoms with Crippen LogP contribution in [0.4, 0.5) is 11.5 Å². The number of nitrogens with zero attached hydrogens (tertiary/aromatic N) is 3. The predicted molar refractivity (Wildman–Crippen MR) is 123 cm³/mol. The number of carboxylic acid groups (broad SMARTS) is 1. The van der Waals surface area contributed by atoms with Crippen molar-refractivity contribution in [2.24, 2.45) is 0 Å². The molecule has 0 aliphatic rings. The van der Waals surface area contributed by atoms with E-state index >= 15 is 0 Å². The summed E-state index contributed by atoms with van der Waals surface area (Å²) < 4.78 is 12.5. The summed E-state index contributed by atoms with van der Waals surface area (Å²) in [6.07, 6.45) is 6.24. The zero-order valence-electron chi connectivity index (χ0n) is 17.9. The molecule has 0 fully saturated rings. The van der Waals surface area contributed by atoms with Gasteiger partial charge in [-0.3, -0.25) is 0 Å². The van der Waals surface area contributed by atoms with Gasteiger partial charge in [0.1, 0.15) is 5.82 Å². The molecule has 0 radical (unpaired) electrons. The quantitative estimate of drug-likeness (QED) is 0.415. The van der Waals surface area contributed by atoms with Crippen molar-refractivity contribution in [3.05, 3.63) is 72.1 Å². The minimum absolute atomic E-state index is 0.632. The van der Waals surface area contributed by atoms with Crippen LogP contribution in [-0.4, -0.2) is 39.9 Å². The van der Waals surface area contributed by atoms with Crippen LogP contribution < -0.4 is 14.8 Å². The Balaban J connectivity index is 1.69. The number of carboxylic acids is 1. The number of anilines is 2. The van der Waals surface area contributed by atoms with Crippen LogP contribution in [0.25, 0.3) is 22.9 Å². The van der Waals surface area contributed by atoms with Crippen LogP contribution in [0.3, 0.4) is 0 Å². The van der Waals surface area contributed by atoms with Crippen molar-refractivity contribution < 1.29 is 19.4 Å². The van der Waals surface area contributed by atoms with Crippen molar-refractivity contribution in [2.75, 3.05) is 19.5 Å². The van der Waals surface area contributed by atoms with Gasteiger partial charge in [0.2, 0.25) is 0 Å². The molecular formula is C24H22N4O4. The monoisotopic (exact) mass is 430 g/mol. The number of aromatic nitrogens is 3. The molecule has 2 aromatic heterocycles. The van der Waals surface area contributed by atoms with Gasteiger partial charge >= 0.3 is 5.97 Å². The Morgan fingerprint density at radius 1 is 1.16 bits per heavy atom. The highest BCUT2D eigenvalue weighted by molar-refractivity contribution is 5.86. The van der Waals surface area contributed by atoms with Crippen molar-refractivity contribution in [3.63, 3.8) is 0 Å². The molecule has 0 aliphatic carbocycles. The average molecular weight is 430 g/mol. The topological polar surface area (TPSA) is 98.0 Å². The van der Waals surface area contributed by atoms with E-state index in [2.05, 4.69) is 10.4 Å². The summed E-state index contributed by atoms with van der Waals surface area (Å²) in [6, 6.07) is 13.2. The number of ether oxygens (including phenoxy) is 2. The van der Waals surface area contributed by atoms with Gasteiger partial charge in [0, 0.05) is 29.6 Å². The van der Waals surface area contributed by atoms with Gasteiger partial charge in [-0.2, -0.15) is 5.10 Å². The Bertz CT molecular complexity index is 1330. The van der Waals surface area contributed by atoms with Gasteiger partial charge < -0.3 is 19.9 Å². The van der Waals surface area contributed by atoms with Gasteiger partial charge in [0.15, 0.2) is 17.1 Å². The SMILES string of the molecule is COc1cc(Nc2ccn3ncc(-c4cccc(/C=C/C(=O)O)c4)c3n2)cc(C)c1OC. The lowest BCUT2D eigenvalue weighted by atomic mass is 10.1. The van der Waals surface area contributed by atoms with E-state index in [9.17, 15) is 4.79 Å². The molecule has 8 heteroatoms. The number of carbonyl (C=O) groups is 1. The Labute approximate surface area is 184 Å². The van der Waals surface area contributed by atoms with E-state index in [4.69, 9.17) is 19.6 Å². The second-order valence-electron chi connectivity index (χ2n) is 7.09. The molecule has 4 aromatic rings. The van der Waals surface area contributed by atoms with Gasteiger partial charge in [0.25, 0.3) is 0 Å². The van der Waals surface area contributed by atoms with Crippen LogP contribution in [0.5, 0.6) is 11.5 Å². The Kier molecular flexibility index (Phi) is 5.76. The van der Waals surface area contributed by atoms with Crippen molar-refractivity contribution >= 4 is 29.2 Å². The largest absolute Gasteiger partial charge is 0.493 e. The van der Waals surface area contributed by atoms with Gasteiger partial charge in [0.05, 0.1) is 20.4 Å². The first kappa shape index (κ1) is 20.9. The zero-order valence-corrected chi connectivity index (χ0v) is 17.9. The Hall–Kier alpha value is -4.33. The fourth-order valence-electron chi connectivity index (χ4n) is 3.49. The molecule has 162 valence electrons. The normalized spacial score (nSPS) is 11.1. The molecule has 0 unspecified atom stereocenters. The number of aryl methyl sites for hydroxylation is 1. The summed E-state index contributed by atoms with van der Waals surface area (Å²) in [5.41, 5.74) is 4.93. The lowest BCUT2D eigenvalue weighted by Crippen LogP contribution is -1.99. The summed E-state index contributed by atoms with van der Waals surface area (Å²) >= 11 is 0. The van der Waals surface area contributed by atoms with Crippen LogP contribution in [0.2, 0.25) is 0 Å². The van der Waals surface area contributed by atoms with E-state index in [1.54, 1.807) is 31.0 Å². The average Bonchev–Trinajstić information content (AvgIpc) is 3.21. The first-order valence-electron chi connectivity index (χ1n) is 9.84. The highest BCUT2D eigenvalue weighted by Crippen LogP contribution is 2.35. The van der Waals surface area contributed by atoms with Crippen LogP contribution >= 0.6 is 0 Å². The number of fused-ring (bicyclic) bond motifs is 1. The summed E-state index contributed by atoms with van der Waals surface area (Å²) in [6.45, 7) is 1.95. The maximum atomic E-state index is 10.8. The molecule has 0 spiro atoms. The predicted octanol–water partition coefficient (Wildman–Crippen LogP) is 4.56. The molecule has 0 saturated carbocycles. The second kappa shape index (κ2) is 8.81. The fourth-order valence-corrected chi connectivity index (χ4v) is 3.49. The summed E-state index contributed by atoms with van der Waals surface area (Å²) in [5.74, 6) is 0.977. The molecule has 0 aliphatic heterocycles. The third kappa shape index (κ3) is 4.24. The smallest absolute Gasteiger partial charge is 0.328 e. The fraction of sp³-hybridized carbons (Fsp3) is 0.125. The third-order valence-corrected chi connectivity index (χ3v) is 4.92. The molecule has 0 amide bonds. The molecule has 4 rings (SSSR count). The van der Waals surface area contributed by atoms with Gasteiger partial charge in [-0.25, -0.2) is 14.3 Å². The van der Waals surface area contributed by atoms with E-state index in [-0.39, 0.29) is 0 Å². The molecular weight excluding hydrogens is 408 g/mol. The minimum Gasteiger partial charge on any atom is -0.493 e. The third-order valence-electron chi connectivity index (χ3n) is 4.92. The highest BCUT2D eigenvalue weighted by Gasteiger charge is 2.12. The number of hydrogen-bond acceptors (Lipinski definition) is 6. The summed E-state index contributed by atoms with van der Waals surface area (Å²) in [4.78, 5) is 15.6. The molecule has 0 atom stereocenters. The van der Waals surface area contributed by atoms with Crippen LogP contribution in [0.15, 0.2) is 60.9 Å². The van der Waals surface area contributed by atoms with Crippen LogP contribution in [0.1, 0.15) is 11.1 Å². The van der Waals surface area contributed by atoms with Gasteiger partial charge in [-0.1, -0.05) is 18.2 Å². The Morgan fingerprint density at radius 3 is 2.75 bits per heavy atom. The maximum Gasteiger partial charge on any atom is 0.328 e. The van der Waals surface area contributed by atoms with E-state index < -0.39 is 5.97 Å². The molecule has 2 aromatic carbocycles. The highest BCUT2D eigenvalue weighted by atomic mass is 16.5. The van der Waals surface area contributed by atoms with Gasteiger partial charge in [-0.05, 0) is 47.9 Å². The molecule has 0 saturated heterocycles. The van der Waals surface area contributed by atoms with Crippen molar-refractivity contribution in [1.82, 2.24) is 14.6 Å². The summed E-state index contributed by atoms with van der Waals surface area (Å²) in [7, 11) is 3.21. The maximum absolute atomic E-state index is 10.8.